The van der Waals surface area contributed by atoms with Gasteiger partial charge >= 0.3 is 0 Å². The van der Waals surface area contributed by atoms with Crippen LogP contribution in [0.2, 0.25) is 0 Å². The van der Waals surface area contributed by atoms with Gasteiger partial charge in [-0.2, -0.15) is 0 Å². The van der Waals surface area contributed by atoms with E-state index in [0.717, 1.165) is 24.2 Å². The van der Waals surface area contributed by atoms with Crippen molar-refractivity contribution in [2.24, 2.45) is 5.92 Å². The maximum absolute atomic E-state index is 4.22. The van der Waals surface area contributed by atoms with Gasteiger partial charge in [0.2, 0.25) is 0 Å². The lowest BCUT2D eigenvalue weighted by atomic mass is 10.3. The van der Waals surface area contributed by atoms with Gasteiger partial charge in [-0.1, -0.05) is 6.92 Å². The molecule has 0 saturated heterocycles. The highest BCUT2D eigenvalue weighted by atomic mass is 15.0. The molecule has 2 rings (SSSR count). The number of rotatable bonds is 3. The van der Waals surface area contributed by atoms with E-state index in [1.807, 2.05) is 0 Å². The van der Waals surface area contributed by atoms with Gasteiger partial charge in [0.05, 0.1) is 12.0 Å². The second kappa shape index (κ2) is 2.90. The van der Waals surface area contributed by atoms with E-state index >= 15 is 0 Å². The topological polar surface area (TPSA) is 40.7 Å². The summed E-state index contributed by atoms with van der Waals surface area (Å²) in [5, 5.41) is 3.47. The molecule has 1 fully saturated rings. The Balaban J connectivity index is 1.84. The Kier molecular flexibility index (Phi) is 1.89. The van der Waals surface area contributed by atoms with Crippen LogP contribution >= 0.6 is 0 Å². The van der Waals surface area contributed by atoms with Gasteiger partial charge in [0.15, 0.2) is 0 Å². The Bertz CT molecular complexity index is 266. The first-order valence-electron chi connectivity index (χ1n) is 4.49. The summed E-state index contributed by atoms with van der Waals surface area (Å²) in [6, 6.07) is 0.737. The van der Waals surface area contributed by atoms with Crippen molar-refractivity contribution in [3.8, 4) is 0 Å². The van der Waals surface area contributed by atoms with Gasteiger partial charge in [0, 0.05) is 18.3 Å². The van der Waals surface area contributed by atoms with Gasteiger partial charge in [-0.25, -0.2) is 4.98 Å². The van der Waals surface area contributed by atoms with Gasteiger partial charge in [-0.3, -0.25) is 0 Å². The van der Waals surface area contributed by atoms with Gasteiger partial charge in [-0.05, 0) is 19.3 Å². The van der Waals surface area contributed by atoms with E-state index in [9.17, 15) is 0 Å². The zero-order valence-electron chi connectivity index (χ0n) is 7.59. The molecule has 3 heteroatoms. The Hall–Kier alpha value is -0.830. The molecule has 1 aliphatic carbocycles. The van der Waals surface area contributed by atoms with E-state index in [0.29, 0.717) is 0 Å². The maximum atomic E-state index is 4.22. The molecular weight excluding hydrogens is 150 g/mol. The molecule has 1 saturated carbocycles. The third-order valence-corrected chi connectivity index (χ3v) is 2.58. The quantitative estimate of drug-likeness (QED) is 0.707. The van der Waals surface area contributed by atoms with Crippen LogP contribution in [0.1, 0.15) is 24.7 Å². The average Bonchev–Trinajstić information content (AvgIpc) is 2.57. The van der Waals surface area contributed by atoms with Crippen LogP contribution in [0, 0.1) is 12.8 Å². The number of aryl methyl sites for hydroxylation is 1. The molecule has 1 heterocycles. The van der Waals surface area contributed by atoms with E-state index in [2.05, 4.69) is 29.1 Å². The third kappa shape index (κ3) is 1.50. The van der Waals surface area contributed by atoms with Crippen LogP contribution < -0.4 is 5.32 Å². The second-order valence-electron chi connectivity index (χ2n) is 3.67. The molecule has 0 amide bonds. The van der Waals surface area contributed by atoms with Crippen molar-refractivity contribution in [1.82, 2.24) is 15.3 Å². The fourth-order valence-corrected chi connectivity index (χ4v) is 1.40. The van der Waals surface area contributed by atoms with Crippen LogP contribution in [-0.2, 0) is 6.54 Å². The molecule has 0 spiro atoms. The molecule has 0 bridgehead atoms. The predicted octanol–water partition coefficient (Wildman–Crippen LogP) is 1.22. The molecule has 2 N–H and O–H groups in total. The number of imidazole rings is 1. The minimum absolute atomic E-state index is 0.737. The molecule has 0 radical (unpaired) electrons. The highest BCUT2D eigenvalue weighted by Gasteiger charge is 2.31. The molecule has 1 aliphatic rings. The molecule has 1 aromatic rings. The van der Waals surface area contributed by atoms with Crippen molar-refractivity contribution >= 4 is 0 Å². The number of hydrogen-bond acceptors (Lipinski definition) is 2. The van der Waals surface area contributed by atoms with Gasteiger partial charge in [0.25, 0.3) is 0 Å². The van der Waals surface area contributed by atoms with Crippen LogP contribution in [-0.4, -0.2) is 16.0 Å². The molecule has 0 aromatic carbocycles. The number of aromatic nitrogens is 2. The fraction of sp³-hybridized carbons (Fsp3) is 0.667. The van der Waals surface area contributed by atoms with E-state index in [-0.39, 0.29) is 0 Å². The first kappa shape index (κ1) is 7.80. The SMILES string of the molecule is Cc1[nH]cnc1CNC1CC1C. The largest absolute Gasteiger partial charge is 0.348 e. The molecule has 66 valence electrons. The molecule has 3 nitrogen and oxygen atoms in total. The van der Waals surface area contributed by atoms with E-state index in [4.69, 9.17) is 0 Å². The molecule has 1 aromatic heterocycles. The summed E-state index contributed by atoms with van der Waals surface area (Å²) in [7, 11) is 0. The standard InChI is InChI=1S/C9H15N3/c1-6-3-8(6)10-4-9-7(2)11-5-12-9/h5-6,8,10H,3-4H2,1-2H3,(H,11,12). The molecular formula is C9H15N3. The monoisotopic (exact) mass is 165 g/mol. The van der Waals surface area contributed by atoms with Crippen LogP contribution in [0.5, 0.6) is 0 Å². The third-order valence-electron chi connectivity index (χ3n) is 2.58. The van der Waals surface area contributed by atoms with E-state index in [1.54, 1.807) is 6.33 Å². The highest BCUT2D eigenvalue weighted by Crippen LogP contribution is 2.29. The zero-order chi connectivity index (χ0) is 8.55. The summed E-state index contributed by atoms with van der Waals surface area (Å²) in [4.78, 5) is 7.30. The maximum Gasteiger partial charge on any atom is 0.0925 e. The van der Waals surface area contributed by atoms with Gasteiger partial charge < -0.3 is 10.3 Å². The second-order valence-corrected chi connectivity index (χ2v) is 3.67. The molecule has 0 aliphatic heterocycles. The summed E-state index contributed by atoms with van der Waals surface area (Å²) < 4.78 is 0. The first-order valence-corrected chi connectivity index (χ1v) is 4.49. The summed E-state index contributed by atoms with van der Waals surface area (Å²) in [6.07, 6.45) is 3.08. The summed E-state index contributed by atoms with van der Waals surface area (Å²) >= 11 is 0. The summed E-state index contributed by atoms with van der Waals surface area (Å²) in [6.45, 7) is 5.24. The highest BCUT2D eigenvalue weighted by molar-refractivity contribution is 5.08. The normalized spacial score (nSPS) is 27.5. The summed E-state index contributed by atoms with van der Waals surface area (Å²) in [5.41, 5.74) is 2.32. The van der Waals surface area contributed by atoms with Crippen molar-refractivity contribution in [3.05, 3.63) is 17.7 Å². The zero-order valence-corrected chi connectivity index (χ0v) is 7.59. The van der Waals surface area contributed by atoms with Gasteiger partial charge in [-0.15, -0.1) is 0 Å². The van der Waals surface area contributed by atoms with Crippen LogP contribution in [0.15, 0.2) is 6.33 Å². The van der Waals surface area contributed by atoms with Crippen molar-refractivity contribution in [2.45, 2.75) is 32.9 Å². The Morgan fingerprint density at radius 1 is 1.75 bits per heavy atom. The summed E-state index contributed by atoms with van der Waals surface area (Å²) in [5.74, 6) is 0.865. The number of hydrogen-bond donors (Lipinski definition) is 2. The van der Waals surface area contributed by atoms with Crippen molar-refractivity contribution in [3.63, 3.8) is 0 Å². The lowest BCUT2D eigenvalue weighted by Crippen LogP contribution is -2.17. The van der Waals surface area contributed by atoms with Crippen molar-refractivity contribution < 1.29 is 0 Å². The molecule has 2 atom stereocenters. The Morgan fingerprint density at radius 2 is 2.50 bits per heavy atom. The minimum atomic E-state index is 0.737. The van der Waals surface area contributed by atoms with Crippen LogP contribution in [0.4, 0.5) is 0 Å². The van der Waals surface area contributed by atoms with Crippen molar-refractivity contribution in [2.75, 3.05) is 0 Å². The van der Waals surface area contributed by atoms with Gasteiger partial charge in [0.1, 0.15) is 0 Å². The lowest BCUT2D eigenvalue weighted by Gasteiger charge is -2.00. The Labute approximate surface area is 72.6 Å². The fourth-order valence-electron chi connectivity index (χ4n) is 1.40. The lowest BCUT2D eigenvalue weighted by molar-refractivity contribution is 0.642. The number of aromatic amines is 1. The first-order chi connectivity index (χ1) is 5.77. The van der Waals surface area contributed by atoms with E-state index < -0.39 is 0 Å². The number of nitrogens with one attached hydrogen (secondary N) is 2. The average molecular weight is 165 g/mol. The van der Waals surface area contributed by atoms with Crippen LogP contribution in [0.3, 0.4) is 0 Å². The van der Waals surface area contributed by atoms with Crippen LogP contribution in [0.25, 0.3) is 0 Å². The number of nitrogens with zero attached hydrogens (tertiary/aromatic N) is 1. The number of H-pyrrole nitrogens is 1. The molecule has 2 unspecified atom stereocenters. The Morgan fingerprint density at radius 3 is 3.00 bits per heavy atom. The smallest absolute Gasteiger partial charge is 0.0925 e. The molecule has 12 heavy (non-hydrogen) atoms. The van der Waals surface area contributed by atoms with E-state index in [1.165, 1.54) is 12.1 Å². The predicted molar refractivity (Wildman–Crippen MR) is 47.7 cm³/mol. The van der Waals surface area contributed by atoms with Crippen molar-refractivity contribution in [1.29, 1.82) is 0 Å². The minimum Gasteiger partial charge on any atom is -0.348 e.